The zero-order valence-electron chi connectivity index (χ0n) is 11.0. The normalized spacial score (nSPS) is 21.3. The number of aliphatic imine (C=N–C) groups is 1. The van der Waals surface area contributed by atoms with Crippen molar-refractivity contribution in [2.45, 2.75) is 19.4 Å². The van der Waals surface area contributed by atoms with E-state index in [0.717, 1.165) is 36.9 Å². The number of nitrogens with one attached hydrogen (secondary N) is 1. The van der Waals surface area contributed by atoms with Gasteiger partial charge in [-0.25, -0.2) is 0 Å². The van der Waals surface area contributed by atoms with Crippen LogP contribution < -0.4 is 10.2 Å². The zero-order valence-corrected chi connectivity index (χ0v) is 11.0. The van der Waals surface area contributed by atoms with E-state index in [1.54, 1.807) is 0 Å². The van der Waals surface area contributed by atoms with E-state index >= 15 is 0 Å². The third-order valence-corrected chi connectivity index (χ3v) is 3.41. The maximum atomic E-state index is 5.83. The molecule has 3 rings (SSSR count). The van der Waals surface area contributed by atoms with E-state index in [4.69, 9.17) is 4.74 Å². The van der Waals surface area contributed by atoms with Crippen molar-refractivity contribution in [2.24, 2.45) is 10.1 Å². The maximum absolute atomic E-state index is 5.83. The Kier molecular flexibility index (Phi) is 3.35. The number of ether oxygens (including phenoxy) is 1. The molecule has 0 bridgehead atoms. The van der Waals surface area contributed by atoms with Gasteiger partial charge in [0.2, 0.25) is 0 Å². The molecule has 5 heteroatoms. The van der Waals surface area contributed by atoms with Crippen LogP contribution in [0.4, 0.5) is 0 Å². The predicted molar refractivity (Wildman–Crippen MR) is 75.6 cm³/mol. The van der Waals surface area contributed by atoms with Crippen LogP contribution >= 0.6 is 0 Å². The van der Waals surface area contributed by atoms with E-state index in [1.807, 2.05) is 30.3 Å². The van der Waals surface area contributed by atoms with Crippen molar-refractivity contribution in [3.63, 3.8) is 0 Å². The summed E-state index contributed by atoms with van der Waals surface area (Å²) in [6.45, 7) is 4.26. The lowest BCUT2D eigenvalue weighted by atomic mass is 10.1. The first-order chi connectivity index (χ1) is 9.38. The molecule has 1 aromatic rings. The molecule has 0 saturated heterocycles. The highest BCUT2D eigenvalue weighted by molar-refractivity contribution is 6.41. The standard InChI is InChI=1S/C14H18N4O/c1-2-13-14-17-16-10-18(14)11(8-15-13)9-19-12-6-4-3-5-7-12/h3-7,11,16H,2,8-10H2,1H3. The van der Waals surface area contributed by atoms with Crippen molar-refractivity contribution in [1.29, 1.82) is 0 Å². The summed E-state index contributed by atoms with van der Waals surface area (Å²) in [6, 6.07) is 10.1. The van der Waals surface area contributed by atoms with Crippen LogP contribution in [-0.2, 0) is 0 Å². The van der Waals surface area contributed by atoms with Crippen LogP contribution in [0.3, 0.4) is 0 Å². The lowest BCUT2D eigenvalue weighted by Gasteiger charge is -2.32. The van der Waals surface area contributed by atoms with Crippen LogP contribution in [0, 0.1) is 0 Å². The van der Waals surface area contributed by atoms with Gasteiger partial charge >= 0.3 is 0 Å². The number of fused-ring (bicyclic) bond motifs is 1. The summed E-state index contributed by atoms with van der Waals surface area (Å²) < 4.78 is 5.83. The molecule has 1 N–H and O–H groups in total. The van der Waals surface area contributed by atoms with Gasteiger partial charge in [-0.05, 0) is 18.6 Å². The smallest absolute Gasteiger partial charge is 0.171 e. The van der Waals surface area contributed by atoms with Crippen LogP contribution in [0.5, 0.6) is 5.75 Å². The Labute approximate surface area is 113 Å². The summed E-state index contributed by atoms with van der Waals surface area (Å²) in [5.74, 6) is 1.88. The van der Waals surface area contributed by atoms with Gasteiger partial charge in [0.05, 0.1) is 18.3 Å². The van der Waals surface area contributed by atoms with E-state index in [1.165, 1.54) is 0 Å². The topological polar surface area (TPSA) is 49.2 Å². The van der Waals surface area contributed by atoms with Crippen LogP contribution in [0.1, 0.15) is 13.3 Å². The molecule has 100 valence electrons. The molecule has 2 aliphatic heterocycles. The van der Waals surface area contributed by atoms with Gasteiger partial charge in [0.15, 0.2) is 5.84 Å². The van der Waals surface area contributed by atoms with E-state index in [-0.39, 0.29) is 6.04 Å². The second kappa shape index (κ2) is 5.30. The maximum Gasteiger partial charge on any atom is 0.171 e. The predicted octanol–water partition coefficient (Wildman–Crippen LogP) is 1.47. The average molecular weight is 258 g/mol. The largest absolute Gasteiger partial charge is 0.491 e. The summed E-state index contributed by atoms with van der Waals surface area (Å²) in [7, 11) is 0. The van der Waals surface area contributed by atoms with Gasteiger partial charge < -0.3 is 9.64 Å². The number of benzene rings is 1. The monoisotopic (exact) mass is 258 g/mol. The molecule has 1 atom stereocenters. The fourth-order valence-corrected chi connectivity index (χ4v) is 2.36. The Hall–Kier alpha value is -2.04. The highest BCUT2D eigenvalue weighted by atomic mass is 16.5. The van der Waals surface area contributed by atoms with Crippen molar-refractivity contribution >= 4 is 11.5 Å². The fraction of sp³-hybridized carbons (Fsp3) is 0.429. The van der Waals surface area contributed by atoms with Crippen molar-refractivity contribution < 1.29 is 4.74 Å². The van der Waals surface area contributed by atoms with E-state index < -0.39 is 0 Å². The van der Waals surface area contributed by atoms with Crippen molar-refractivity contribution in [2.75, 3.05) is 19.8 Å². The number of nitrogens with zero attached hydrogens (tertiary/aromatic N) is 3. The first-order valence-electron chi connectivity index (χ1n) is 6.67. The molecule has 0 saturated carbocycles. The average Bonchev–Trinajstić information content (AvgIpc) is 2.95. The Morgan fingerprint density at radius 1 is 1.37 bits per heavy atom. The van der Waals surface area contributed by atoms with Gasteiger partial charge in [0, 0.05) is 0 Å². The van der Waals surface area contributed by atoms with Gasteiger partial charge in [-0.2, -0.15) is 5.10 Å². The lowest BCUT2D eigenvalue weighted by molar-refractivity contribution is 0.202. The Morgan fingerprint density at radius 3 is 3.00 bits per heavy atom. The highest BCUT2D eigenvalue weighted by Gasteiger charge is 2.32. The van der Waals surface area contributed by atoms with Gasteiger partial charge in [-0.3, -0.25) is 10.4 Å². The third kappa shape index (κ3) is 2.41. The van der Waals surface area contributed by atoms with E-state index in [0.29, 0.717) is 6.61 Å². The SMILES string of the molecule is CCC1=NCC(COc2ccccc2)N2CNN=C12. The van der Waals surface area contributed by atoms with Crippen molar-refractivity contribution in [1.82, 2.24) is 10.3 Å². The van der Waals surface area contributed by atoms with Crippen molar-refractivity contribution in [3.05, 3.63) is 30.3 Å². The Bertz CT molecular complexity index is 497. The molecule has 2 aliphatic rings. The van der Waals surface area contributed by atoms with Gasteiger partial charge in [0.25, 0.3) is 0 Å². The fourth-order valence-electron chi connectivity index (χ4n) is 2.36. The molecular formula is C14H18N4O. The quantitative estimate of drug-likeness (QED) is 0.890. The van der Waals surface area contributed by atoms with E-state index in [9.17, 15) is 0 Å². The minimum Gasteiger partial charge on any atom is -0.491 e. The molecule has 1 aromatic carbocycles. The summed E-state index contributed by atoms with van der Waals surface area (Å²) in [5, 5.41) is 4.32. The third-order valence-electron chi connectivity index (χ3n) is 3.41. The minimum absolute atomic E-state index is 0.254. The van der Waals surface area contributed by atoms with Gasteiger partial charge in [-0.1, -0.05) is 25.1 Å². The molecule has 0 fully saturated rings. The molecule has 0 aromatic heterocycles. The number of hydrazone groups is 1. The molecule has 0 spiro atoms. The summed E-state index contributed by atoms with van der Waals surface area (Å²) >= 11 is 0. The molecule has 0 aliphatic carbocycles. The molecule has 1 unspecified atom stereocenters. The van der Waals surface area contributed by atoms with Crippen LogP contribution in [-0.4, -0.2) is 42.3 Å². The second-order valence-electron chi connectivity index (χ2n) is 4.64. The molecular weight excluding hydrogens is 240 g/mol. The van der Waals surface area contributed by atoms with Gasteiger partial charge in [0.1, 0.15) is 19.0 Å². The zero-order chi connectivity index (χ0) is 13.1. The molecule has 0 radical (unpaired) electrons. The summed E-state index contributed by atoms with van der Waals surface area (Å²) in [5.41, 5.74) is 4.12. The number of rotatable bonds is 4. The van der Waals surface area contributed by atoms with Crippen LogP contribution in [0.15, 0.2) is 40.4 Å². The summed E-state index contributed by atoms with van der Waals surface area (Å²) in [4.78, 5) is 6.85. The molecule has 19 heavy (non-hydrogen) atoms. The van der Waals surface area contributed by atoms with Crippen LogP contribution in [0.25, 0.3) is 0 Å². The molecule has 0 amide bonds. The van der Waals surface area contributed by atoms with Gasteiger partial charge in [-0.15, -0.1) is 0 Å². The first kappa shape index (κ1) is 12.0. The second-order valence-corrected chi connectivity index (χ2v) is 4.64. The minimum atomic E-state index is 0.254. The number of para-hydroxylation sites is 1. The highest BCUT2D eigenvalue weighted by Crippen LogP contribution is 2.16. The number of hydrogen-bond acceptors (Lipinski definition) is 5. The number of hydrogen-bond donors (Lipinski definition) is 1. The number of amidine groups is 1. The first-order valence-corrected chi connectivity index (χ1v) is 6.67. The van der Waals surface area contributed by atoms with E-state index in [2.05, 4.69) is 27.3 Å². The lowest BCUT2D eigenvalue weighted by Crippen LogP contribution is -2.50. The summed E-state index contributed by atoms with van der Waals surface area (Å²) in [6.07, 6.45) is 0.920. The molecule has 5 nitrogen and oxygen atoms in total. The molecule has 2 heterocycles. The Balaban J connectivity index is 1.66. The Morgan fingerprint density at radius 2 is 2.21 bits per heavy atom. The van der Waals surface area contributed by atoms with Crippen molar-refractivity contribution in [3.8, 4) is 5.75 Å². The van der Waals surface area contributed by atoms with Crippen LogP contribution in [0.2, 0.25) is 0 Å².